The van der Waals surface area contributed by atoms with Crippen molar-refractivity contribution in [1.82, 2.24) is 0 Å². The number of aliphatic hydroxyl groups excluding tert-OH is 1. The molecule has 0 aliphatic heterocycles. The van der Waals surface area contributed by atoms with Crippen molar-refractivity contribution in [2.75, 3.05) is 0 Å². The van der Waals surface area contributed by atoms with Crippen molar-refractivity contribution in [2.45, 2.75) is 66.2 Å². The highest BCUT2D eigenvalue weighted by Crippen LogP contribution is 2.51. The average molecular weight is 250 g/mol. The van der Waals surface area contributed by atoms with Crippen LogP contribution in [0.25, 0.3) is 0 Å². The number of allylic oxidation sites excluding steroid dienone is 2. The summed E-state index contributed by atoms with van der Waals surface area (Å²) in [5, 5.41) is 10.5. The van der Waals surface area contributed by atoms with Crippen LogP contribution in [0.4, 0.5) is 0 Å². The van der Waals surface area contributed by atoms with Crippen molar-refractivity contribution >= 4 is 5.78 Å². The fraction of sp³-hybridized carbons (Fsp3) is 0.812. The molecule has 1 unspecified atom stereocenters. The van der Waals surface area contributed by atoms with Crippen LogP contribution >= 0.6 is 0 Å². The maximum absolute atomic E-state index is 12.8. The minimum absolute atomic E-state index is 0.201. The fourth-order valence-corrected chi connectivity index (χ4v) is 3.71. The highest BCUT2D eigenvalue weighted by atomic mass is 16.3. The number of carbonyl (C=O) groups is 1. The van der Waals surface area contributed by atoms with Gasteiger partial charge in [0.1, 0.15) is 5.76 Å². The first-order chi connectivity index (χ1) is 8.38. The van der Waals surface area contributed by atoms with E-state index in [0.29, 0.717) is 11.7 Å². The summed E-state index contributed by atoms with van der Waals surface area (Å²) in [6, 6.07) is 0. The highest BCUT2D eigenvalue weighted by Gasteiger charge is 2.48. The molecule has 0 aromatic rings. The molecule has 0 aromatic heterocycles. The van der Waals surface area contributed by atoms with Gasteiger partial charge in [0.15, 0.2) is 5.78 Å². The number of ketones is 1. The Morgan fingerprint density at radius 1 is 1.17 bits per heavy atom. The normalized spacial score (nSPS) is 30.2. The standard InChI is InChI=1S/C16H26O2/c1-5-16(6-2)10-8-11-7-9-15(3,4)13(17)12(11)14(16)18/h11,17H,5-10H2,1-4H3. The number of rotatable bonds is 2. The Labute approximate surface area is 110 Å². The lowest BCUT2D eigenvalue weighted by molar-refractivity contribution is -0.129. The van der Waals surface area contributed by atoms with E-state index in [0.717, 1.165) is 44.1 Å². The molecule has 0 spiro atoms. The van der Waals surface area contributed by atoms with Crippen molar-refractivity contribution in [2.24, 2.45) is 16.7 Å². The van der Waals surface area contributed by atoms with E-state index in [9.17, 15) is 9.90 Å². The Morgan fingerprint density at radius 2 is 1.72 bits per heavy atom. The minimum atomic E-state index is -0.216. The van der Waals surface area contributed by atoms with Crippen LogP contribution in [-0.4, -0.2) is 10.9 Å². The summed E-state index contributed by atoms with van der Waals surface area (Å²) in [5.74, 6) is 0.945. The molecule has 2 aliphatic carbocycles. The van der Waals surface area contributed by atoms with E-state index in [4.69, 9.17) is 0 Å². The summed E-state index contributed by atoms with van der Waals surface area (Å²) < 4.78 is 0. The first kappa shape index (κ1) is 13.6. The first-order valence-corrected chi connectivity index (χ1v) is 7.36. The van der Waals surface area contributed by atoms with E-state index in [1.165, 1.54) is 0 Å². The number of hydrogen-bond acceptors (Lipinski definition) is 2. The van der Waals surface area contributed by atoms with Crippen molar-refractivity contribution in [3.05, 3.63) is 11.3 Å². The molecule has 1 atom stereocenters. The van der Waals surface area contributed by atoms with Gasteiger partial charge in [0, 0.05) is 16.4 Å². The topological polar surface area (TPSA) is 37.3 Å². The summed E-state index contributed by atoms with van der Waals surface area (Å²) in [6.07, 6.45) is 5.91. The van der Waals surface area contributed by atoms with E-state index in [2.05, 4.69) is 13.8 Å². The molecule has 1 saturated carbocycles. The molecule has 0 radical (unpaired) electrons. The lowest BCUT2D eigenvalue weighted by atomic mass is 9.59. The molecular formula is C16H26O2. The molecule has 0 amide bonds. The summed E-state index contributed by atoms with van der Waals surface area (Å²) >= 11 is 0. The van der Waals surface area contributed by atoms with Crippen LogP contribution in [0.1, 0.15) is 66.2 Å². The van der Waals surface area contributed by atoms with Gasteiger partial charge in [-0.25, -0.2) is 0 Å². The Kier molecular flexibility index (Phi) is 3.33. The minimum Gasteiger partial charge on any atom is -0.511 e. The molecule has 102 valence electrons. The fourth-order valence-electron chi connectivity index (χ4n) is 3.71. The quantitative estimate of drug-likeness (QED) is 0.788. The molecule has 1 N–H and O–H groups in total. The second-order valence-corrected chi connectivity index (χ2v) is 6.74. The number of hydrogen-bond donors (Lipinski definition) is 1. The molecule has 0 heterocycles. The zero-order valence-corrected chi connectivity index (χ0v) is 12.2. The molecule has 2 aliphatic rings. The van der Waals surface area contributed by atoms with E-state index in [-0.39, 0.29) is 16.6 Å². The summed E-state index contributed by atoms with van der Waals surface area (Å²) in [4.78, 5) is 12.8. The molecule has 2 nitrogen and oxygen atoms in total. The molecular weight excluding hydrogens is 224 g/mol. The van der Waals surface area contributed by atoms with Crippen LogP contribution in [0, 0.1) is 16.7 Å². The maximum Gasteiger partial charge on any atom is 0.168 e. The van der Waals surface area contributed by atoms with Crippen LogP contribution in [-0.2, 0) is 4.79 Å². The van der Waals surface area contributed by atoms with Crippen LogP contribution in [0.2, 0.25) is 0 Å². The molecule has 2 rings (SSSR count). The van der Waals surface area contributed by atoms with Gasteiger partial charge in [-0.3, -0.25) is 4.79 Å². The highest BCUT2D eigenvalue weighted by molar-refractivity contribution is 6.01. The Bertz CT molecular complexity index is 386. The smallest absolute Gasteiger partial charge is 0.168 e. The van der Waals surface area contributed by atoms with E-state index in [1.807, 2.05) is 13.8 Å². The van der Waals surface area contributed by atoms with Gasteiger partial charge in [0.25, 0.3) is 0 Å². The summed E-state index contributed by atoms with van der Waals surface area (Å²) in [5.41, 5.74) is 0.362. The van der Waals surface area contributed by atoms with Crippen LogP contribution in [0.5, 0.6) is 0 Å². The summed E-state index contributed by atoms with van der Waals surface area (Å²) in [6.45, 7) is 8.31. The van der Waals surface area contributed by atoms with Crippen molar-refractivity contribution in [3.8, 4) is 0 Å². The van der Waals surface area contributed by atoms with Gasteiger partial charge in [0.05, 0.1) is 0 Å². The lowest BCUT2D eigenvalue weighted by Crippen LogP contribution is -2.42. The third-order valence-electron chi connectivity index (χ3n) is 5.47. The van der Waals surface area contributed by atoms with Crippen LogP contribution in [0.15, 0.2) is 11.3 Å². The van der Waals surface area contributed by atoms with Gasteiger partial charge in [-0.05, 0) is 44.4 Å². The Morgan fingerprint density at radius 3 is 2.28 bits per heavy atom. The zero-order valence-electron chi connectivity index (χ0n) is 12.2. The first-order valence-electron chi connectivity index (χ1n) is 7.36. The van der Waals surface area contributed by atoms with Crippen molar-refractivity contribution < 1.29 is 9.90 Å². The van der Waals surface area contributed by atoms with Crippen molar-refractivity contribution in [1.29, 1.82) is 0 Å². The van der Waals surface area contributed by atoms with Gasteiger partial charge in [-0.1, -0.05) is 27.7 Å². The Balaban J connectivity index is 2.47. The third-order valence-corrected chi connectivity index (χ3v) is 5.47. The predicted molar refractivity (Wildman–Crippen MR) is 73.4 cm³/mol. The predicted octanol–water partition coefficient (Wildman–Crippen LogP) is 4.40. The number of carbonyl (C=O) groups excluding carboxylic acids is 1. The van der Waals surface area contributed by atoms with Gasteiger partial charge in [0.2, 0.25) is 0 Å². The molecule has 2 heteroatoms. The van der Waals surface area contributed by atoms with Gasteiger partial charge < -0.3 is 5.11 Å². The monoisotopic (exact) mass is 250 g/mol. The van der Waals surface area contributed by atoms with E-state index >= 15 is 0 Å². The number of Topliss-reactive ketones (excluding diaryl/α,β-unsaturated/α-hetero) is 1. The van der Waals surface area contributed by atoms with E-state index < -0.39 is 0 Å². The Hall–Kier alpha value is -0.790. The largest absolute Gasteiger partial charge is 0.511 e. The molecule has 1 fully saturated rings. The second-order valence-electron chi connectivity index (χ2n) is 6.74. The molecule has 18 heavy (non-hydrogen) atoms. The van der Waals surface area contributed by atoms with E-state index in [1.54, 1.807) is 0 Å². The average Bonchev–Trinajstić information content (AvgIpc) is 2.35. The lowest BCUT2D eigenvalue weighted by Gasteiger charge is -2.44. The molecule has 0 saturated heterocycles. The van der Waals surface area contributed by atoms with Gasteiger partial charge in [-0.2, -0.15) is 0 Å². The maximum atomic E-state index is 12.8. The zero-order chi connectivity index (χ0) is 13.6. The van der Waals surface area contributed by atoms with Gasteiger partial charge >= 0.3 is 0 Å². The van der Waals surface area contributed by atoms with Gasteiger partial charge in [-0.15, -0.1) is 0 Å². The molecule has 0 bridgehead atoms. The second kappa shape index (κ2) is 4.40. The number of aliphatic hydroxyl groups is 1. The third kappa shape index (κ3) is 1.81. The molecule has 0 aromatic carbocycles. The summed E-state index contributed by atoms with van der Waals surface area (Å²) in [7, 11) is 0. The SMILES string of the molecule is CCC1(CC)CCC2CCC(C)(C)C(O)=C2C1=O. The van der Waals surface area contributed by atoms with Crippen LogP contribution < -0.4 is 0 Å². The number of fused-ring (bicyclic) bond motifs is 1. The van der Waals surface area contributed by atoms with Crippen LogP contribution in [0.3, 0.4) is 0 Å². The van der Waals surface area contributed by atoms with Crippen molar-refractivity contribution in [3.63, 3.8) is 0 Å².